The molecule has 1 heterocycles. The number of nitrogens with zero attached hydrogens (tertiary/aromatic N) is 1. The zero-order chi connectivity index (χ0) is 12.5. The van der Waals surface area contributed by atoms with Gasteiger partial charge < -0.3 is 19.7 Å². The molecule has 1 saturated heterocycles. The molecular weight excluding hydrogens is 216 g/mol. The van der Waals surface area contributed by atoms with E-state index < -0.39 is 0 Å². The molecule has 0 aromatic heterocycles. The minimum atomic E-state index is 0.172. The highest BCUT2D eigenvalue weighted by molar-refractivity contribution is 4.75. The van der Waals surface area contributed by atoms with Crippen LogP contribution in [0, 0.1) is 0 Å². The van der Waals surface area contributed by atoms with E-state index >= 15 is 0 Å². The van der Waals surface area contributed by atoms with Gasteiger partial charge in [0.1, 0.15) is 0 Å². The first-order chi connectivity index (χ1) is 8.30. The Morgan fingerprint density at radius 3 is 2.76 bits per heavy atom. The number of likely N-dealkylation sites (tertiary alicyclic amines) is 1. The van der Waals surface area contributed by atoms with Crippen molar-refractivity contribution < 1.29 is 9.47 Å². The van der Waals surface area contributed by atoms with Crippen molar-refractivity contribution in [1.29, 1.82) is 0 Å². The standard InChI is InChI=1S/C13H28N2O2/c1-4-15-8-5-6-12(7-9-15)14-10-13(17-3)11-16-2/h12-14H,4-11H2,1-3H3. The fraction of sp³-hybridized carbons (Fsp3) is 1.00. The Bertz CT molecular complexity index is 190. The third kappa shape index (κ3) is 5.82. The summed E-state index contributed by atoms with van der Waals surface area (Å²) >= 11 is 0. The van der Waals surface area contributed by atoms with Crippen LogP contribution in [0.15, 0.2) is 0 Å². The van der Waals surface area contributed by atoms with Gasteiger partial charge in [-0.05, 0) is 38.9 Å². The van der Waals surface area contributed by atoms with Gasteiger partial charge in [0.2, 0.25) is 0 Å². The maximum Gasteiger partial charge on any atom is 0.0928 e. The van der Waals surface area contributed by atoms with Gasteiger partial charge in [-0.15, -0.1) is 0 Å². The van der Waals surface area contributed by atoms with Crippen molar-refractivity contribution in [3.05, 3.63) is 0 Å². The molecule has 17 heavy (non-hydrogen) atoms. The van der Waals surface area contributed by atoms with E-state index in [2.05, 4.69) is 17.1 Å². The van der Waals surface area contributed by atoms with Gasteiger partial charge in [0, 0.05) is 26.8 Å². The van der Waals surface area contributed by atoms with Gasteiger partial charge >= 0.3 is 0 Å². The maximum absolute atomic E-state index is 5.36. The van der Waals surface area contributed by atoms with Gasteiger partial charge in [0.25, 0.3) is 0 Å². The summed E-state index contributed by atoms with van der Waals surface area (Å²) in [6.07, 6.45) is 4.00. The SMILES string of the molecule is CCN1CCCC(NCC(COC)OC)CC1. The molecule has 0 spiro atoms. The summed E-state index contributed by atoms with van der Waals surface area (Å²) in [7, 11) is 3.47. The van der Waals surface area contributed by atoms with Gasteiger partial charge in [0.05, 0.1) is 12.7 Å². The summed E-state index contributed by atoms with van der Waals surface area (Å²) in [6, 6.07) is 0.640. The molecule has 0 aromatic rings. The molecule has 0 bridgehead atoms. The molecule has 102 valence electrons. The van der Waals surface area contributed by atoms with Crippen molar-refractivity contribution >= 4 is 0 Å². The highest BCUT2D eigenvalue weighted by atomic mass is 16.5. The third-order valence-corrected chi connectivity index (χ3v) is 3.59. The summed E-state index contributed by atoms with van der Waals surface area (Å²) in [5, 5.41) is 3.61. The largest absolute Gasteiger partial charge is 0.382 e. The quantitative estimate of drug-likeness (QED) is 0.727. The van der Waals surface area contributed by atoms with Crippen LogP contribution in [0.2, 0.25) is 0 Å². The highest BCUT2D eigenvalue weighted by Crippen LogP contribution is 2.10. The molecule has 1 aliphatic rings. The van der Waals surface area contributed by atoms with E-state index in [4.69, 9.17) is 9.47 Å². The number of hydrogen-bond donors (Lipinski definition) is 1. The second-order valence-electron chi connectivity index (χ2n) is 4.78. The van der Waals surface area contributed by atoms with Gasteiger partial charge in [-0.2, -0.15) is 0 Å². The van der Waals surface area contributed by atoms with Crippen LogP contribution < -0.4 is 5.32 Å². The van der Waals surface area contributed by atoms with Gasteiger partial charge in [0.15, 0.2) is 0 Å². The lowest BCUT2D eigenvalue weighted by Crippen LogP contribution is -2.38. The van der Waals surface area contributed by atoms with Crippen molar-refractivity contribution in [2.24, 2.45) is 0 Å². The predicted octanol–water partition coefficient (Wildman–Crippen LogP) is 1.11. The van der Waals surface area contributed by atoms with Crippen molar-refractivity contribution in [3.8, 4) is 0 Å². The highest BCUT2D eigenvalue weighted by Gasteiger charge is 2.17. The average Bonchev–Trinajstić information content (AvgIpc) is 2.59. The summed E-state index contributed by atoms with van der Waals surface area (Å²) in [6.45, 7) is 7.44. The molecular formula is C13H28N2O2. The number of rotatable bonds is 7. The minimum absolute atomic E-state index is 0.172. The molecule has 4 nitrogen and oxygen atoms in total. The summed E-state index contributed by atoms with van der Waals surface area (Å²) in [4.78, 5) is 2.53. The summed E-state index contributed by atoms with van der Waals surface area (Å²) in [5.74, 6) is 0. The van der Waals surface area contributed by atoms with Crippen molar-refractivity contribution in [2.75, 3.05) is 47.0 Å². The van der Waals surface area contributed by atoms with E-state index in [-0.39, 0.29) is 6.10 Å². The van der Waals surface area contributed by atoms with E-state index in [1.54, 1.807) is 14.2 Å². The third-order valence-electron chi connectivity index (χ3n) is 3.59. The Kier molecular flexibility index (Phi) is 7.77. The molecule has 0 saturated carbocycles. The normalized spacial score (nSPS) is 24.5. The molecule has 0 aromatic carbocycles. The van der Waals surface area contributed by atoms with Crippen LogP contribution in [0.1, 0.15) is 26.2 Å². The van der Waals surface area contributed by atoms with Gasteiger partial charge in [-0.1, -0.05) is 6.92 Å². The fourth-order valence-electron chi connectivity index (χ4n) is 2.37. The second kappa shape index (κ2) is 8.86. The van der Waals surface area contributed by atoms with E-state index in [1.807, 2.05) is 0 Å². The molecule has 4 heteroatoms. The maximum atomic E-state index is 5.36. The zero-order valence-electron chi connectivity index (χ0n) is 11.6. The van der Waals surface area contributed by atoms with Crippen LogP contribution in [0.4, 0.5) is 0 Å². The van der Waals surface area contributed by atoms with Crippen molar-refractivity contribution in [3.63, 3.8) is 0 Å². The number of ether oxygens (including phenoxy) is 2. The Labute approximate surface area is 106 Å². The smallest absolute Gasteiger partial charge is 0.0928 e. The molecule has 0 amide bonds. The Balaban J connectivity index is 2.22. The lowest BCUT2D eigenvalue weighted by molar-refractivity contribution is 0.0271. The van der Waals surface area contributed by atoms with Crippen LogP contribution in [0.25, 0.3) is 0 Å². The van der Waals surface area contributed by atoms with Crippen LogP contribution in [0.3, 0.4) is 0 Å². The Morgan fingerprint density at radius 2 is 2.12 bits per heavy atom. The van der Waals surface area contributed by atoms with Crippen molar-refractivity contribution in [2.45, 2.75) is 38.3 Å². The summed E-state index contributed by atoms with van der Waals surface area (Å²) in [5.41, 5.74) is 0. The fourth-order valence-corrected chi connectivity index (χ4v) is 2.37. The lowest BCUT2D eigenvalue weighted by atomic mass is 10.1. The molecule has 0 aliphatic carbocycles. The summed E-state index contributed by atoms with van der Waals surface area (Å²) < 4.78 is 10.5. The van der Waals surface area contributed by atoms with Crippen LogP contribution in [-0.2, 0) is 9.47 Å². The Morgan fingerprint density at radius 1 is 1.29 bits per heavy atom. The van der Waals surface area contributed by atoms with Crippen LogP contribution >= 0.6 is 0 Å². The number of hydrogen-bond acceptors (Lipinski definition) is 4. The van der Waals surface area contributed by atoms with Crippen LogP contribution in [0.5, 0.6) is 0 Å². The van der Waals surface area contributed by atoms with Crippen molar-refractivity contribution in [1.82, 2.24) is 10.2 Å². The molecule has 1 fully saturated rings. The molecule has 1 rings (SSSR count). The topological polar surface area (TPSA) is 33.7 Å². The van der Waals surface area contributed by atoms with Crippen LogP contribution in [-0.4, -0.2) is 64.1 Å². The number of nitrogens with one attached hydrogen (secondary N) is 1. The monoisotopic (exact) mass is 244 g/mol. The molecule has 2 unspecified atom stereocenters. The average molecular weight is 244 g/mol. The molecule has 1 aliphatic heterocycles. The van der Waals surface area contributed by atoms with E-state index in [1.165, 1.54) is 38.9 Å². The first-order valence-electron chi connectivity index (χ1n) is 6.77. The van der Waals surface area contributed by atoms with Gasteiger partial charge in [-0.25, -0.2) is 0 Å². The minimum Gasteiger partial charge on any atom is -0.382 e. The first kappa shape index (κ1) is 14.9. The Hall–Kier alpha value is -0.160. The zero-order valence-corrected chi connectivity index (χ0v) is 11.6. The van der Waals surface area contributed by atoms with E-state index in [0.717, 1.165) is 6.54 Å². The van der Waals surface area contributed by atoms with Gasteiger partial charge in [-0.3, -0.25) is 0 Å². The van der Waals surface area contributed by atoms with E-state index in [9.17, 15) is 0 Å². The molecule has 0 radical (unpaired) electrons. The second-order valence-corrected chi connectivity index (χ2v) is 4.78. The lowest BCUT2D eigenvalue weighted by Gasteiger charge is -2.21. The predicted molar refractivity (Wildman–Crippen MR) is 70.4 cm³/mol. The first-order valence-corrected chi connectivity index (χ1v) is 6.77. The number of methoxy groups -OCH3 is 2. The van der Waals surface area contributed by atoms with E-state index in [0.29, 0.717) is 12.6 Å². The molecule has 2 atom stereocenters. The molecule has 1 N–H and O–H groups in total.